The van der Waals surface area contributed by atoms with Crippen LogP contribution in [0, 0.1) is 6.92 Å². The van der Waals surface area contributed by atoms with Crippen molar-refractivity contribution in [3.05, 3.63) is 34.3 Å². The lowest BCUT2D eigenvalue weighted by Crippen LogP contribution is -1.96. The van der Waals surface area contributed by atoms with E-state index >= 15 is 0 Å². The van der Waals surface area contributed by atoms with Gasteiger partial charge >= 0.3 is 0 Å². The van der Waals surface area contributed by atoms with Gasteiger partial charge in [0.1, 0.15) is 0 Å². The Hall–Kier alpha value is -0.530. The number of hydrogen-bond acceptors (Lipinski definition) is 1. The van der Waals surface area contributed by atoms with Gasteiger partial charge in [-0.25, -0.2) is 0 Å². The van der Waals surface area contributed by atoms with Gasteiger partial charge in [-0.05, 0) is 30.5 Å². The number of hydrogen-bond donors (Lipinski definition) is 1. The molecule has 0 aliphatic rings. The third-order valence-electron chi connectivity index (χ3n) is 2.13. The Bertz CT molecular complexity index is 283. The van der Waals surface area contributed by atoms with Crippen LogP contribution >= 0.6 is 11.6 Å². The molecule has 1 nitrogen and oxygen atoms in total. The van der Waals surface area contributed by atoms with Crippen molar-refractivity contribution in [1.82, 2.24) is 0 Å². The topological polar surface area (TPSA) is 20.2 Å². The second-order valence-corrected chi connectivity index (χ2v) is 3.72. The fourth-order valence-corrected chi connectivity index (χ4v) is 1.43. The minimum absolute atomic E-state index is 0.346. The molecule has 0 fully saturated rings. The average Bonchev–Trinajstić information content (AvgIpc) is 2.10. The van der Waals surface area contributed by atoms with E-state index in [4.69, 9.17) is 11.6 Å². The van der Waals surface area contributed by atoms with Crippen LogP contribution in [0.1, 0.15) is 37.0 Å². The van der Waals surface area contributed by atoms with Crippen LogP contribution in [0.2, 0.25) is 5.02 Å². The van der Waals surface area contributed by atoms with Gasteiger partial charge in [-0.1, -0.05) is 37.1 Å². The minimum Gasteiger partial charge on any atom is -0.388 e. The van der Waals surface area contributed by atoms with E-state index in [1.165, 1.54) is 0 Å². The third kappa shape index (κ3) is 2.71. The molecular weight excluding hydrogens is 184 g/mol. The molecule has 0 aliphatic heterocycles. The molecular formula is C11H15ClO. The van der Waals surface area contributed by atoms with Gasteiger partial charge in [-0.15, -0.1) is 0 Å². The maximum atomic E-state index is 9.69. The maximum Gasteiger partial charge on any atom is 0.0790 e. The van der Waals surface area contributed by atoms with Gasteiger partial charge in [-0.2, -0.15) is 0 Å². The van der Waals surface area contributed by atoms with Gasteiger partial charge in [0, 0.05) is 5.02 Å². The van der Waals surface area contributed by atoms with Crippen molar-refractivity contribution in [2.24, 2.45) is 0 Å². The molecule has 0 heterocycles. The summed E-state index contributed by atoms with van der Waals surface area (Å²) < 4.78 is 0. The average molecular weight is 199 g/mol. The predicted octanol–water partition coefficient (Wildman–Crippen LogP) is 3.48. The van der Waals surface area contributed by atoms with Gasteiger partial charge in [-0.3, -0.25) is 0 Å². The van der Waals surface area contributed by atoms with Crippen LogP contribution in [0.25, 0.3) is 0 Å². The van der Waals surface area contributed by atoms with E-state index in [2.05, 4.69) is 6.92 Å². The zero-order valence-electron chi connectivity index (χ0n) is 8.05. The summed E-state index contributed by atoms with van der Waals surface area (Å²) in [6, 6.07) is 5.67. The standard InChI is InChI=1S/C11H15ClO/c1-3-4-11(13)9-5-6-10(12)8(2)7-9/h5-7,11,13H,3-4H2,1-2H3. The summed E-state index contributed by atoms with van der Waals surface area (Å²) in [7, 11) is 0. The fourth-order valence-electron chi connectivity index (χ4n) is 1.32. The Morgan fingerprint density at radius 2 is 2.15 bits per heavy atom. The molecule has 0 bridgehead atoms. The largest absolute Gasteiger partial charge is 0.388 e. The molecule has 1 atom stereocenters. The van der Waals surface area contributed by atoms with Gasteiger partial charge < -0.3 is 5.11 Å². The SMILES string of the molecule is CCCC(O)c1ccc(Cl)c(C)c1. The van der Waals surface area contributed by atoms with Crippen molar-refractivity contribution < 1.29 is 5.11 Å². The lowest BCUT2D eigenvalue weighted by Gasteiger charge is -2.10. The predicted molar refractivity (Wildman–Crippen MR) is 56.1 cm³/mol. The van der Waals surface area contributed by atoms with Crippen LogP contribution in [0.15, 0.2) is 18.2 Å². The summed E-state index contributed by atoms with van der Waals surface area (Å²) in [5, 5.41) is 10.4. The third-order valence-corrected chi connectivity index (χ3v) is 2.55. The highest BCUT2D eigenvalue weighted by Crippen LogP contribution is 2.23. The summed E-state index contributed by atoms with van der Waals surface area (Å²) in [5.41, 5.74) is 1.98. The zero-order valence-corrected chi connectivity index (χ0v) is 8.80. The Morgan fingerprint density at radius 1 is 1.46 bits per heavy atom. The molecule has 0 aliphatic carbocycles. The zero-order chi connectivity index (χ0) is 9.84. The van der Waals surface area contributed by atoms with Crippen LogP contribution in [-0.4, -0.2) is 5.11 Å². The molecule has 13 heavy (non-hydrogen) atoms. The second kappa shape index (κ2) is 4.64. The summed E-state index contributed by atoms with van der Waals surface area (Å²) in [6.45, 7) is 4.01. The molecule has 0 aromatic heterocycles. The van der Waals surface area contributed by atoms with Crippen molar-refractivity contribution in [1.29, 1.82) is 0 Å². The second-order valence-electron chi connectivity index (χ2n) is 3.31. The van der Waals surface area contributed by atoms with Gasteiger partial charge in [0.05, 0.1) is 6.10 Å². The van der Waals surface area contributed by atoms with Gasteiger partial charge in [0.25, 0.3) is 0 Å². The molecule has 0 saturated heterocycles. The summed E-state index contributed by atoms with van der Waals surface area (Å²) in [6.07, 6.45) is 1.45. The molecule has 1 unspecified atom stereocenters. The van der Waals surface area contributed by atoms with Crippen LogP contribution in [0.4, 0.5) is 0 Å². The van der Waals surface area contributed by atoms with Crippen molar-refractivity contribution in [2.45, 2.75) is 32.8 Å². The van der Waals surface area contributed by atoms with Crippen LogP contribution < -0.4 is 0 Å². The number of aryl methyl sites for hydroxylation is 1. The summed E-state index contributed by atoms with van der Waals surface area (Å²) in [4.78, 5) is 0. The van der Waals surface area contributed by atoms with Crippen molar-refractivity contribution in [3.8, 4) is 0 Å². The first-order chi connectivity index (χ1) is 6.15. The van der Waals surface area contributed by atoms with Gasteiger partial charge in [0.2, 0.25) is 0 Å². The highest BCUT2D eigenvalue weighted by atomic mass is 35.5. The number of aliphatic hydroxyl groups excluding tert-OH is 1. The van der Waals surface area contributed by atoms with Crippen LogP contribution in [0.5, 0.6) is 0 Å². The normalized spacial score (nSPS) is 12.9. The van der Waals surface area contributed by atoms with E-state index in [0.717, 1.165) is 29.0 Å². The smallest absolute Gasteiger partial charge is 0.0790 e. The number of halogens is 1. The fraction of sp³-hybridized carbons (Fsp3) is 0.455. The first-order valence-electron chi connectivity index (χ1n) is 4.59. The molecule has 0 saturated carbocycles. The van der Waals surface area contributed by atoms with Crippen molar-refractivity contribution in [3.63, 3.8) is 0 Å². The minimum atomic E-state index is -0.346. The Kier molecular flexibility index (Phi) is 3.76. The molecule has 0 amide bonds. The Balaban J connectivity index is 2.84. The maximum absolute atomic E-state index is 9.69. The quantitative estimate of drug-likeness (QED) is 0.789. The molecule has 1 aromatic rings. The first kappa shape index (κ1) is 10.6. The van der Waals surface area contributed by atoms with Gasteiger partial charge in [0.15, 0.2) is 0 Å². The van der Waals surface area contributed by atoms with E-state index in [0.29, 0.717) is 0 Å². The first-order valence-corrected chi connectivity index (χ1v) is 4.97. The van der Waals surface area contributed by atoms with E-state index in [9.17, 15) is 5.11 Å². The number of benzene rings is 1. The van der Waals surface area contributed by atoms with Crippen LogP contribution in [-0.2, 0) is 0 Å². The summed E-state index contributed by atoms with van der Waals surface area (Å²) >= 11 is 5.88. The molecule has 1 rings (SSSR count). The molecule has 72 valence electrons. The van der Waals surface area contributed by atoms with E-state index < -0.39 is 0 Å². The molecule has 1 aromatic carbocycles. The summed E-state index contributed by atoms with van der Waals surface area (Å²) in [5.74, 6) is 0. The van der Waals surface area contributed by atoms with Crippen molar-refractivity contribution in [2.75, 3.05) is 0 Å². The lowest BCUT2D eigenvalue weighted by atomic mass is 10.0. The highest BCUT2D eigenvalue weighted by molar-refractivity contribution is 6.31. The van der Waals surface area contributed by atoms with E-state index in [1.54, 1.807) is 0 Å². The van der Waals surface area contributed by atoms with E-state index in [1.807, 2.05) is 25.1 Å². The van der Waals surface area contributed by atoms with Crippen molar-refractivity contribution >= 4 is 11.6 Å². The van der Waals surface area contributed by atoms with Crippen LogP contribution in [0.3, 0.4) is 0 Å². The Labute approximate surface area is 84.4 Å². The molecule has 2 heteroatoms. The number of rotatable bonds is 3. The lowest BCUT2D eigenvalue weighted by molar-refractivity contribution is 0.166. The number of aliphatic hydroxyl groups is 1. The monoisotopic (exact) mass is 198 g/mol. The molecule has 0 spiro atoms. The van der Waals surface area contributed by atoms with E-state index in [-0.39, 0.29) is 6.10 Å². The molecule has 0 radical (unpaired) electrons. The highest BCUT2D eigenvalue weighted by Gasteiger charge is 2.06. The molecule has 1 N–H and O–H groups in total. The Morgan fingerprint density at radius 3 is 2.69 bits per heavy atom.